The number of carbonyl (C=O) groups is 3. The third-order valence-corrected chi connectivity index (χ3v) is 8.05. The number of urea groups is 1. The molecule has 2 saturated heterocycles. The molecule has 1 aromatic carbocycles. The van der Waals surface area contributed by atoms with Crippen LogP contribution >= 0.6 is 0 Å². The number of nitrogens with two attached hydrogens (primary N) is 1. The van der Waals surface area contributed by atoms with Crippen LogP contribution in [-0.4, -0.2) is 93.5 Å². The largest absolute Gasteiger partial charge is 0.350 e. The van der Waals surface area contributed by atoms with Crippen LogP contribution in [0.4, 0.5) is 10.6 Å². The number of nitrogens with zero attached hydrogens (tertiary/aromatic N) is 6. The first-order valence-electron chi connectivity index (χ1n) is 14.2. The average molecular weight is 551 g/mol. The Morgan fingerprint density at radius 2 is 1.75 bits per heavy atom. The van der Waals surface area contributed by atoms with E-state index in [1.165, 1.54) is 6.20 Å². The highest BCUT2D eigenvalue weighted by molar-refractivity contribution is 6.02. The van der Waals surface area contributed by atoms with Gasteiger partial charge in [-0.15, -0.1) is 0 Å². The lowest BCUT2D eigenvalue weighted by Crippen LogP contribution is -2.62. The highest BCUT2D eigenvalue weighted by Crippen LogP contribution is 2.29. The first-order chi connectivity index (χ1) is 19.1. The zero-order valence-electron chi connectivity index (χ0n) is 24.3. The van der Waals surface area contributed by atoms with Crippen molar-refractivity contribution in [2.45, 2.75) is 72.0 Å². The van der Waals surface area contributed by atoms with Gasteiger partial charge in [-0.05, 0) is 59.1 Å². The zero-order chi connectivity index (χ0) is 29.0. The van der Waals surface area contributed by atoms with Crippen molar-refractivity contribution in [3.8, 4) is 0 Å². The molecule has 11 heteroatoms. The summed E-state index contributed by atoms with van der Waals surface area (Å²) in [7, 11) is 0. The molecule has 2 aliphatic rings. The molecule has 3 N–H and O–H groups in total. The standard InChI is InChI=1S/C29H42N8O3/c1-6-23-18-35(26-21(5)33-25(16-32-26)28(39)37(30)29(40)31-7-2)20(4)17-36(23)24-12-14-34(15-13-24)27(38)22-10-8-19(3)9-11-22/h8-11,16,20,23-24H,6-7,12-15,17-18,30H2,1-5H3,(H,31,40)/t20-,23+/m1/s1. The zero-order valence-corrected chi connectivity index (χ0v) is 24.3. The highest BCUT2D eigenvalue weighted by Gasteiger charge is 2.38. The smallest absolute Gasteiger partial charge is 0.339 e. The van der Waals surface area contributed by atoms with Gasteiger partial charge < -0.3 is 15.1 Å². The summed E-state index contributed by atoms with van der Waals surface area (Å²) in [6, 6.07) is 8.07. The van der Waals surface area contributed by atoms with Crippen molar-refractivity contribution in [2.75, 3.05) is 37.6 Å². The van der Waals surface area contributed by atoms with Gasteiger partial charge in [-0.25, -0.2) is 20.6 Å². The predicted molar refractivity (Wildman–Crippen MR) is 154 cm³/mol. The van der Waals surface area contributed by atoms with E-state index in [4.69, 9.17) is 5.84 Å². The fraction of sp³-hybridized carbons (Fsp3) is 0.552. The second-order valence-electron chi connectivity index (χ2n) is 10.8. The number of hydrazine groups is 1. The molecule has 0 radical (unpaired) electrons. The molecule has 4 rings (SSSR count). The molecule has 0 spiro atoms. The molecule has 0 saturated carbocycles. The number of hydrogen-bond donors (Lipinski definition) is 2. The Morgan fingerprint density at radius 3 is 2.35 bits per heavy atom. The maximum atomic E-state index is 13.0. The van der Waals surface area contributed by atoms with Gasteiger partial charge in [0.1, 0.15) is 11.5 Å². The van der Waals surface area contributed by atoms with Gasteiger partial charge in [-0.3, -0.25) is 14.5 Å². The van der Waals surface area contributed by atoms with Crippen LogP contribution in [0.2, 0.25) is 0 Å². The summed E-state index contributed by atoms with van der Waals surface area (Å²) in [5, 5.41) is 3.03. The SMILES string of the molecule is CCNC(=O)N(N)C(=O)c1cnc(N2C[C@H](CC)N(C3CCN(C(=O)c4ccc(C)cc4)CC3)C[C@H]2C)c(C)n1. The number of amides is 4. The van der Waals surface area contributed by atoms with Crippen molar-refractivity contribution in [3.05, 3.63) is 53.0 Å². The molecule has 1 aromatic heterocycles. The van der Waals surface area contributed by atoms with E-state index in [0.717, 1.165) is 62.4 Å². The number of likely N-dealkylation sites (tertiary alicyclic amines) is 1. The van der Waals surface area contributed by atoms with E-state index in [2.05, 4.69) is 38.9 Å². The summed E-state index contributed by atoms with van der Waals surface area (Å²) in [6.07, 6.45) is 4.29. The second-order valence-corrected chi connectivity index (χ2v) is 10.8. The van der Waals surface area contributed by atoms with Crippen molar-refractivity contribution in [1.82, 2.24) is 30.1 Å². The van der Waals surface area contributed by atoms with Crippen LogP contribution in [-0.2, 0) is 0 Å². The molecular formula is C29H42N8O3. The Labute approximate surface area is 236 Å². The topological polar surface area (TPSA) is 128 Å². The minimum absolute atomic E-state index is 0.0280. The van der Waals surface area contributed by atoms with Gasteiger partial charge in [0, 0.05) is 56.4 Å². The monoisotopic (exact) mass is 550 g/mol. The number of anilines is 1. The van der Waals surface area contributed by atoms with Gasteiger partial charge in [0.25, 0.3) is 11.8 Å². The maximum absolute atomic E-state index is 13.0. The van der Waals surface area contributed by atoms with E-state index in [1.807, 2.05) is 43.0 Å². The molecule has 2 atom stereocenters. The van der Waals surface area contributed by atoms with E-state index < -0.39 is 11.9 Å². The van der Waals surface area contributed by atoms with Gasteiger partial charge in [-0.2, -0.15) is 5.01 Å². The maximum Gasteiger partial charge on any atom is 0.339 e. The average Bonchev–Trinajstić information content (AvgIpc) is 2.96. The van der Waals surface area contributed by atoms with E-state index >= 15 is 0 Å². The minimum Gasteiger partial charge on any atom is -0.350 e. The number of rotatable bonds is 6. The van der Waals surface area contributed by atoms with Crippen LogP contribution in [0.15, 0.2) is 30.5 Å². The fourth-order valence-corrected chi connectivity index (χ4v) is 5.76. The number of nitrogens with one attached hydrogen (secondary N) is 1. The summed E-state index contributed by atoms with van der Waals surface area (Å²) in [6.45, 7) is 13.5. The van der Waals surface area contributed by atoms with Crippen LogP contribution in [0.1, 0.15) is 72.1 Å². The number of aromatic nitrogens is 2. The molecule has 4 amide bonds. The van der Waals surface area contributed by atoms with Gasteiger partial charge in [0.05, 0.1) is 11.9 Å². The fourth-order valence-electron chi connectivity index (χ4n) is 5.76. The molecule has 11 nitrogen and oxygen atoms in total. The Morgan fingerprint density at radius 1 is 1.07 bits per heavy atom. The van der Waals surface area contributed by atoms with Crippen LogP contribution in [0.3, 0.4) is 0 Å². The Balaban J connectivity index is 1.40. The molecule has 0 bridgehead atoms. The van der Waals surface area contributed by atoms with Crippen LogP contribution < -0.4 is 16.1 Å². The van der Waals surface area contributed by atoms with Gasteiger partial charge in [0.15, 0.2) is 0 Å². The number of aryl methyl sites for hydroxylation is 2. The third kappa shape index (κ3) is 6.26. The lowest BCUT2D eigenvalue weighted by atomic mass is 9.95. The molecule has 216 valence electrons. The number of imide groups is 1. The van der Waals surface area contributed by atoms with Gasteiger partial charge in [-0.1, -0.05) is 24.6 Å². The summed E-state index contributed by atoms with van der Waals surface area (Å²) < 4.78 is 0. The van der Waals surface area contributed by atoms with Crippen molar-refractivity contribution >= 4 is 23.7 Å². The number of hydrogen-bond acceptors (Lipinski definition) is 8. The quantitative estimate of drug-likeness (QED) is 0.319. The molecule has 2 fully saturated rings. The second kappa shape index (κ2) is 12.7. The van der Waals surface area contributed by atoms with Crippen molar-refractivity contribution in [1.29, 1.82) is 0 Å². The third-order valence-electron chi connectivity index (χ3n) is 8.05. The summed E-state index contributed by atoms with van der Waals surface area (Å²) in [5.74, 6) is 5.83. The first-order valence-corrected chi connectivity index (χ1v) is 14.2. The Hall–Kier alpha value is -3.57. The Kier molecular flexibility index (Phi) is 9.36. The van der Waals surface area contributed by atoms with Gasteiger partial charge >= 0.3 is 6.03 Å². The predicted octanol–water partition coefficient (Wildman–Crippen LogP) is 2.73. The van der Waals surface area contributed by atoms with Crippen molar-refractivity contribution in [3.63, 3.8) is 0 Å². The van der Waals surface area contributed by atoms with Crippen LogP contribution in [0, 0.1) is 13.8 Å². The Bertz CT molecular complexity index is 1210. The molecule has 2 aromatic rings. The number of carbonyl (C=O) groups excluding carboxylic acids is 3. The van der Waals surface area contributed by atoms with E-state index in [-0.39, 0.29) is 17.6 Å². The van der Waals surface area contributed by atoms with E-state index in [0.29, 0.717) is 29.3 Å². The number of benzene rings is 1. The van der Waals surface area contributed by atoms with E-state index in [9.17, 15) is 14.4 Å². The summed E-state index contributed by atoms with van der Waals surface area (Å²) in [5.41, 5.74) is 2.55. The highest BCUT2D eigenvalue weighted by atomic mass is 16.2. The van der Waals surface area contributed by atoms with Gasteiger partial charge in [0.2, 0.25) is 0 Å². The minimum atomic E-state index is -0.704. The molecule has 0 aliphatic carbocycles. The molecule has 3 heterocycles. The van der Waals surface area contributed by atoms with Crippen molar-refractivity contribution in [2.24, 2.45) is 5.84 Å². The summed E-state index contributed by atoms with van der Waals surface area (Å²) >= 11 is 0. The lowest BCUT2D eigenvalue weighted by molar-refractivity contribution is 0.0434. The molecule has 40 heavy (non-hydrogen) atoms. The molecular weight excluding hydrogens is 508 g/mol. The summed E-state index contributed by atoms with van der Waals surface area (Å²) in [4.78, 5) is 53.5. The lowest BCUT2D eigenvalue weighted by Gasteiger charge is -2.50. The molecule has 2 aliphatic heterocycles. The first kappa shape index (κ1) is 29.4. The van der Waals surface area contributed by atoms with Crippen LogP contribution in [0.25, 0.3) is 0 Å². The normalized spacial score (nSPS) is 20.4. The van der Waals surface area contributed by atoms with Crippen LogP contribution in [0.5, 0.6) is 0 Å². The van der Waals surface area contributed by atoms with Crippen molar-refractivity contribution < 1.29 is 14.4 Å². The number of piperazine rings is 1. The molecule has 0 unspecified atom stereocenters. The van der Waals surface area contributed by atoms with E-state index in [1.54, 1.807) is 6.92 Å². The number of piperidine rings is 1.